The van der Waals surface area contributed by atoms with Crippen molar-refractivity contribution in [2.75, 3.05) is 0 Å². The van der Waals surface area contributed by atoms with Gasteiger partial charge < -0.3 is 4.90 Å². The van der Waals surface area contributed by atoms with Gasteiger partial charge in [-0.25, -0.2) is 0 Å². The molecule has 3 heteroatoms. The highest BCUT2D eigenvalue weighted by atomic mass is 16.2. The van der Waals surface area contributed by atoms with Crippen molar-refractivity contribution in [1.82, 2.24) is 4.90 Å². The van der Waals surface area contributed by atoms with Gasteiger partial charge >= 0.3 is 0 Å². The zero-order valence-corrected chi connectivity index (χ0v) is 13.1. The summed E-state index contributed by atoms with van der Waals surface area (Å²) in [5.41, 5.74) is 1.69. The highest BCUT2D eigenvalue weighted by Gasteiger charge is 2.23. The van der Waals surface area contributed by atoms with Gasteiger partial charge in [-0.2, -0.15) is 5.26 Å². The minimum Gasteiger partial charge on any atom is -0.336 e. The Kier molecular flexibility index (Phi) is 5.33. The van der Waals surface area contributed by atoms with Gasteiger partial charge in [-0.3, -0.25) is 4.79 Å². The summed E-state index contributed by atoms with van der Waals surface area (Å²) in [7, 11) is 0. The fourth-order valence-electron chi connectivity index (χ4n) is 2.00. The Morgan fingerprint density at radius 1 is 1.25 bits per heavy atom. The molecule has 1 rings (SSSR count). The SMILES string of the molecule is CC(C)N(Cc1ccc(C#N)cc1)C(=O)CC(C)(C)C. The molecule has 108 valence electrons. The topological polar surface area (TPSA) is 44.1 Å². The second-order valence-electron chi connectivity index (χ2n) is 6.66. The number of hydrogen-bond donors (Lipinski definition) is 0. The monoisotopic (exact) mass is 272 g/mol. The maximum Gasteiger partial charge on any atom is 0.223 e. The molecule has 0 saturated carbocycles. The van der Waals surface area contributed by atoms with E-state index in [1.165, 1.54) is 0 Å². The van der Waals surface area contributed by atoms with Gasteiger partial charge in [0.05, 0.1) is 11.6 Å². The lowest BCUT2D eigenvalue weighted by Gasteiger charge is -2.30. The van der Waals surface area contributed by atoms with Gasteiger partial charge in [0, 0.05) is 19.0 Å². The van der Waals surface area contributed by atoms with Crippen LogP contribution in [0.4, 0.5) is 0 Å². The van der Waals surface area contributed by atoms with Crippen molar-refractivity contribution in [3.63, 3.8) is 0 Å². The molecule has 3 nitrogen and oxygen atoms in total. The standard InChI is InChI=1S/C17H24N2O/c1-13(2)19(16(20)10-17(3,4)5)12-15-8-6-14(11-18)7-9-15/h6-9,13H,10,12H2,1-5H3. The maximum absolute atomic E-state index is 12.4. The molecule has 1 amide bonds. The van der Waals surface area contributed by atoms with Gasteiger partial charge in [0.25, 0.3) is 0 Å². The molecule has 0 bridgehead atoms. The van der Waals surface area contributed by atoms with Crippen molar-refractivity contribution >= 4 is 5.91 Å². The average molecular weight is 272 g/mol. The molecule has 1 aromatic carbocycles. The number of nitriles is 1. The first-order valence-electron chi connectivity index (χ1n) is 7.01. The van der Waals surface area contributed by atoms with E-state index >= 15 is 0 Å². The van der Waals surface area contributed by atoms with Crippen LogP contribution in [0.25, 0.3) is 0 Å². The fraction of sp³-hybridized carbons (Fsp3) is 0.529. The van der Waals surface area contributed by atoms with E-state index in [1.54, 1.807) is 12.1 Å². The lowest BCUT2D eigenvalue weighted by atomic mass is 9.91. The van der Waals surface area contributed by atoms with Crippen molar-refractivity contribution in [1.29, 1.82) is 5.26 Å². The zero-order chi connectivity index (χ0) is 15.3. The predicted molar refractivity (Wildman–Crippen MR) is 80.9 cm³/mol. The summed E-state index contributed by atoms with van der Waals surface area (Å²) < 4.78 is 0. The van der Waals surface area contributed by atoms with E-state index in [2.05, 4.69) is 26.8 Å². The Balaban J connectivity index is 2.81. The minimum atomic E-state index is -0.00507. The third-order valence-electron chi connectivity index (χ3n) is 3.06. The van der Waals surface area contributed by atoms with Crippen LogP contribution in [0.3, 0.4) is 0 Å². The average Bonchev–Trinajstić information content (AvgIpc) is 2.34. The molecule has 0 aliphatic heterocycles. The third-order valence-corrected chi connectivity index (χ3v) is 3.06. The fourth-order valence-corrected chi connectivity index (χ4v) is 2.00. The van der Waals surface area contributed by atoms with Crippen LogP contribution in [0.1, 0.15) is 52.2 Å². The van der Waals surface area contributed by atoms with Crippen molar-refractivity contribution < 1.29 is 4.79 Å². The summed E-state index contributed by atoms with van der Waals surface area (Å²) in [6, 6.07) is 9.69. The van der Waals surface area contributed by atoms with Gasteiger partial charge in [-0.1, -0.05) is 32.9 Å². The normalized spacial score (nSPS) is 11.2. The van der Waals surface area contributed by atoms with E-state index in [9.17, 15) is 4.79 Å². The maximum atomic E-state index is 12.4. The van der Waals surface area contributed by atoms with E-state index in [-0.39, 0.29) is 17.4 Å². The molecule has 0 fully saturated rings. The molecule has 20 heavy (non-hydrogen) atoms. The molecule has 0 saturated heterocycles. The molecular formula is C17H24N2O. The number of benzene rings is 1. The van der Waals surface area contributed by atoms with Crippen LogP contribution < -0.4 is 0 Å². The smallest absolute Gasteiger partial charge is 0.223 e. The Bertz CT molecular complexity index is 489. The molecule has 0 atom stereocenters. The minimum absolute atomic E-state index is 0.00507. The summed E-state index contributed by atoms with van der Waals surface area (Å²) in [6.07, 6.45) is 0.543. The molecular weight excluding hydrogens is 248 g/mol. The molecule has 1 aromatic rings. The molecule has 0 unspecified atom stereocenters. The van der Waals surface area contributed by atoms with Crippen LogP contribution in [-0.4, -0.2) is 16.8 Å². The van der Waals surface area contributed by atoms with Crippen LogP contribution in [0.2, 0.25) is 0 Å². The van der Waals surface area contributed by atoms with Crippen LogP contribution in [-0.2, 0) is 11.3 Å². The van der Waals surface area contributed by atoms with Crippen molar-refractivity contribution in [3.8, 4) is 6.07 Å². The van der Waals surface area contributed by atoms with Crippen molar-refractivity contribution in [2.45, 2.75) is 53.6 Å². The van der Waals surface area contributed by atoms with Crippen LogP contribution in [0.5, 0.6) is 0 Å². The lowest BCUT2D eigenvalue weighted by molar-refractivity contribution is -0.135. The van der Waals surface area contributed by atoms with E-state index in [0.29, 0.717) is 18.5 Å². The Morgan fingerprint density at radius 2 is 1.80 bits per heavy atom. The van der Waals surface area contributed by atoms with Gasteiger partial charge in [-0.15, -0.1) is 0 Å². The van der Waals surface area contributed by atoms with Gasteiger partial charge in [-0.05, 0) is 37.0 Å². The van der Waals surface area contributed by atoms with Gasteiger partial charge in [0.15, 0.2) is 0 Å². The number of rotatable bonds is 4. The second-order valence-corrected chi connectivity index (χ2v) is 6.66. The van der Waals surface area contributed by atoms with E-state index in [0.717, 1.165) is 5.56 Å². The summed E-state index contributed by atoms with van der Waals surface area (Å²) in [5.74, 6) is 0.178. The van der Waals surface area contributed by atoms with Gasteiger partial charge in [0.1, 0.15) is 0 Å². The zero-order valence-electron chi connectivity index (χ0n) is 13.1. The van der Waals surface area contributed by atoms with Crippen molar-refractivity contribution in [2.24, 2.45) is 5.41 Å². The predicted octanol–water partition coefficient (Wildman–Crippen LogP) is 3.73. The Morgan fingerprint density at radius 3 is 2.20 bits per heavy atom. The molecule has 0 aliphatic rings. The Hall–Kier alpha value is -1.82. The first-order chi connectivity index (χ1) is 9.23. The first kappa shape index (κ1) is 16.2. The highest BCUT2D eigenvalue weighted by Crippen LogP contribution is 2.21. The third kappa shape index (κ3) is 5.05. The summed E-state index contributed by atoms with van der Waals surface area (Å²) in [6.45, 7) is 10.9. The van der Waals surface area contributed by atoms with Crippen LogP contribution >= 0.6 is 0 Å². The molecule has 0 heterocycles. The quantitative estimate of drug-likeness (QED) is 0.838. The van der Waals surface area contributed by atoms with Crippen LogP contribution in [0.15, 0.2) is 24.3 Å². The first-order valence-corrected chi connectivity index (χ1v) is 7.01. The number of carbonyl (C=O) groups excluding carboxylic acids is 1. The lowest BCUT2D eigenvalue weighted by Crippen LogP contribution is -2.38. The summed E-state index contributed by atoms with van der Waals surface area (Å²) in [5, 5.41) is 8.80. The summed E-state index contributed by atoms with van der Waals surface area (Å²) >= 11 is 0. The largest absolute Gasteiger partial charge is 0.336 e. The molecule has 0 aliphatic carbocycles. The molecule has 0 spiro atoms. The molecule has 0 radical (unpaired) electrons. The van der Waals surface area contributed by atoms with E-state index in [1.807, 2.05) is 30.9 Å². The molecule has 0 N–H and O–H groups in total. The number of hydrogen-bond acceptors (Lipinski definition) is 2. The second kappa shape index (κ2) is 6.56. The van der Waals surface area contributed by atoms with Gasteiger partial charge in [0.2, 0.25) is 5.91 Å². The van der Waals surface area contributed by atoms with E-state index < -0.39 is 0 Å². The van der Waals surface area contributed by atoms with E-state index in [4.69, 9.17) is 5.26 Å². The highest BCUT2D eigenvalue weighted by molar-refractivity contribution is 5.77. The number of amides is 1. The number of carbonyl (C=O) groups is 1. The Labute approximate surface area is 122 Å². The van der Waals surface area contributed by atoms with Crippen LogP contribution in [0, 0.1) is 16.7 Å². The van der Waals surface area contributed by atoms with Crippen molar-refractivity contribution in [3.05, 3.63) is 35.4 Å². The number of nitrogens with zero attached hydrogens (tertiary/aromatic N) is 2. The summed E-state index contributed by atoms with van der Waals surface area (Å²) in [4.78, 5) is 14.3. The molecule has 0 aromatic heterocycles.